The fourth-order valence-electron chi connectivity index (χ4n) is 2.60. The molecule has 0 aliphatic carbocycles. The number of hydrogen-bond acceptors (Lipinski definition) is 3. The van der Waals surface area contributed by atoms with Gasteiger partial charge in [-0.3, -0.25) is 14.6 Å². The number of benzene rings is 1. The van der Waals surface area contributed by atoms with Crippen LogP contribution in [0.5, 0.6) is 0 Å². The number of amides is 2. The minimum absolute atomic E-state index is 0. The maximum absolute atomic E-state index is 11.9. The van der Waals surface area contributed by atoms with Crippen LogP contribution in [0, 0.1) is 0 Å². The van der Waals surface area contributed by atoms with Crippen molar-refractivity contribution in [3.05, 3.63) is 59.4 Å². The molecule has 0 atom stereocenters. The summed E-state index contributed by atoms with van der Waals surface area (Å²) in [6, 6.07) is 9.50. The zero-order valence-electron chi connectivity index (χ0n) is 12.8. The number of rotatable bonds is 4. The quantitative estimate of drug-likeness (QED) is 0.932. The number of aromatic nitrogens is 1. The maximum Gasteiger partial charge on any atom is 0.252 e. The second-order valence-corrected chi connectivity index (χ2v) is 5.34. The molecule has 6 heteroatoms. The number of halogens is 1. The fourth-order valence-corrected chi connectivity index (χ4v) is 2.60. The van der Waals surface area contributed by atoms with Crippen LogP contribution in [0.15, 0.2) is 42.7 Å². The summed E-state index contributed by atoms with van der Waals surface area (Å²) in [6.45, 7) is 0.552. The molecule has 1 aromatic heterocycles. The monoisotopic (exact) mass is 331 g/mol. The average molecular weight is 332 g/mol. The largest absolute Gasteiger partial charge is 0.352 e. The first-order chi connectivity index (χ1) is 10.6. The molecular weight excluding hydrogens is 314 g/mol. The van der Waals surface area contributed by atoms with Crippen molar-refractivity contribution in [3.8, 4) is 0 Å². The van der Waals surface area contributed by atoms with Crippen molar-refractivity contribution in [2.24, 2.45) is 0 Å². The molecule has 0 unspecified atom stereocenters. The van der Waals surface area contributed by atoms with Crippen molar-refractivity contribution in [3.63, 3.8) is 0 Å². The van der Waals surface area contributed by atoms with Crippen LogP contribution >= 0.6 is 12.4 Å². The summed E-state index contributed by atoms with van der Waals surface area (Å²) in [5.41, 5.74) is 3.72. The van der Waals surface area contributed by atoms with Crippen LogP contribution in [0.3, 0.4) is 0 Å². The summed E-state index contributed by atoms with van der Waals surface area (Å²) < 4.78 is 0. The fraction of sp³-hybridized carbons (Fsp3) is 0.235. The molecule has 0 saturated heterocycles. The number of nitrogens with one attached hydrogen (secondary N) is 1. The summed E-state index contributed by atoms with van der Waals surface area (Å²) in [5, 5.41) is 2.88. The van der Waals surface area contributed by atoms with Gasteiger partial charge in [-0.1, -0.05) is 12.1 Å². The molecule has 2 aromatic rings. The van der Waals surface area contributed by atoms with Gasteiger partial charge in [-0.15, -0.1) is 12.4 Å². The molecule has 1 aliphatic heterocycles. The second-order valence-electron chi connectivity index (χ2n) is 5.34. The lowest BCUT2D eigenvalue weighted by Crippen LogP contribution is -2.25. The number of carbonyl (C=O) groups excluding carboxylic acids is 2. The highest BCUT2D eigenvalue weighted by Gasteiger charge is 2.23. The molecule has 1 N–H and O–H groups in total. The van der Waals surface area contributed by atoms with Gasteiger partial charge in [-0.2, -0.15) is 0 Å². The highest BCUT2D eigenvalue weighted by molar-refractivity contribution is 6.00. The van der Waals surface area contributed by atoms with Crippen molar-refractivity contribution < 1.29 is 9.59 Å². The number of carbonyl (C=O) groups is 2. The van der Waals surface area contributed by atoms with Gasteiger partial charge >= 0.3 is 0 Å². The Morgan fingerprint density at radius 3 is 2.91 bits per heavy atom. The van der Waals surface area contributed by atoms with Crippen LogP contribution in [0.25, 0.3) is 0 Å². The van der Waals surface area contributed by atoms with E-state index in [1.165, 1.54) is 0 Å². The summed E-state index contributed by atoms with van der Waals surface area (Å²) in [6.07, 6.45) is 4.38. The Labute approximate surface area is 141 Å². The molecular formula is C17H18ClN3O2. The van der Waals surface area contributed by atoms with Crippen LogP contribution in [-0.4, -0.2) is 30.4 Å². The van der Waals surface area contributed by atoms with E-state index in [2.05, 4.69) is 10.3 Å². The SMILES string of the molecule is CN1C(=O)Cc2cc(CCNC(=O)c3cccnc3)ccc21.Cl. The first-order valence-corrected chi connectivity index (χ1v) is 7.22. The summed E-state index contributed by atoms with van der Waals surface area (Å²) in [7, 11) is 1.79. The third-order valence-corrected chi connectivity index (χ3v) is 3.84. The topological polar surface area (TPSA) is 62.3 Å². The summed E-state index contributed by atoms with van der Waals surface area (Å²) >= 11 is 0. The molecule has 3 rings (SSSR count). The molecule has 2 amide bonds. The lowest BCUT2D eigenvalue weighted by molar-refractivity contribution is -0.117. The molecule has 1 aliphatic rings. The molecule has 0 spiro atoms. The molecule has 0 fully saturated rings. The summed E-state index contributed by atoms with van der Waals surface area (Å²) in [4.78, 5) is 29.2. The van der Waals surface area contributed by atoms with E-state index in [9.17, 15) is 9.59 Å². The highest BCUT2D eigenvalue weighted by Crippen LogP contribution is 2.28. The second kappa shape index (κ2) is 7.24. The van der Waals surface area contributed by atoms with Gasteiger partial charge in [0, 0.05) is 31.7 Å². The van der Waals surface area contributed by atoms with Gasteiger partial charge in [0.05, 0.1) is 12.0 Å². The van der Waals surface area contributed by atoms with Gasteiger partial charge in [0.25, 0.3) is 5.91 Å². The van der Waals surface area contributed by atoms with Crippen LogP contribution in [-0.2, 0) is 17.6 Å². The Balaban J connectivity index is 0.00000192. The number of fused-ring (bicyclic) bond motifs is 1. The van der Waals surface area contributed by atoms with E-state index in [-0.39, 0.29) is 24.2 Å². The van der Waals surface area contributed by atoms with Gasteiger partial charge in [0.2, 0.25) is 5.91 Å². The Hall–Kier alpha value is -2.40. The van der Waals surface area contributed by atoms with E-state index in [1.54, 1.807) is 36.5 Å². The van der Waals surface area contributed by atoms with Gasteiger partial charge in [0.15, 0.2) is 0 Å². The molecule has 23 heavy (non-hydrogen) atoms. The highest BCUT2D eigenvalue weighted by atomic mass is 35.5. The number of likely N-dealkylation sites (N-methyl/N-ethyl adjacent to an activating group) is 1. The Bertz CT molecular complexity index is 719. The van der Waals surface area contributed by atoms with Crippen LogP contribution in [0.1, 0.15) is 21.5 Å². The van der Waals surface area contributed by atoms with Crippen molar-refractivity contribution >= 4 is 29.9 Å². The Kier molecular flexibility index (Phi) is 5.34. The summed E-state index contributed by atoms with van der Waals surface area (Å²) in [5.74, 6) is 0.00111. The molecule has 0 bridgehead atoms. The van der Waals surface area contributed by atoms with Gasteiger partial charge < -0.3 is 10.2 Å². The third kappa shape index (κ3) is 3.68. The molecule has 0 radical (unpaired) electrons. The maximum atomic E-state index is 11.9. The van der Waals surface area contributed by atoms with Gasteiger partial charge in [-0.05, 0) is 35.7 Å². The van der Waals surface area contributed by atoms with E-state index in [4.69, 9.17) is 0 Å². The number of pyridine rings is 1. The lowest BCUT2D eigenvalue weighted by atomic mass is 10.1. The zero-order chi connectivity index (χ0) is 15.5. The zero-order valence-corrected chi connectivity index (χ0v) is 13.6. The van der Waals surface area contributed by atoms with Crippen LogP contribution < -0.4 is 10.2 Å². The number of nitrogens with zero attached hydrogens (tertiary/aromatic N) is 2. The first-order valence-electron chi connectivity index (χ1n) is 7.22. The van der Waals surface area contributed by atoms with Crippen molar-refractivity contribution in [2.45, 2.75) is 12.8 Å². The number of hydrogen-bond donors (Lipinski definition) is 1. The minimum atomic E-state index is -0.121. The Morgan fingerprint density at radius 1 is 1.35 bits per heavy atom. The standard InChI is InChI=1S/C17H17N3O2.ClH/c1-20-15-5-4-12(9-14(15)10-16(20)21)6-8-19-17(22)13-3-2-7-18-11-13;/h2-5,7,9,11H,6,8,10H2,1H3,(H,19,22);1H. The molecule has 2 heterocycles. The van der Waals surface area contributed by atoms with E-state index < -0.39 is 0 Å². The van der Waals surface area contributed by atoms with Crippen LogP contribution in [0.2, 0.25) is 0 Å². The smallest absolute Gasteiger partial charge is 0.252 e. The molecule has 0 saturated carbocycles. The first kappa shape index (κ1) is 17.0. The van der Waals surface area contributed by atoms with E-state index >= 15 is 0 Å². The van der Waals surface area contributed by atoms with Crippen molar-refractivity contribution in [1.29, 1.82) is 0 Å². The van der Waals surface area contributed by atoms with E-state index in [1.807, 2.05) is 18.2 Å². The predicted molar refractivity (Wildman–Crippen MR) is 91.1 cm³/mol. The van der Waals surface area contributed by atoms with Gasteiger partial charge in [0.1, 0.15) is 0 Å². The lowest BCUT2D eigenvalue weighted by Gasteiger charge is -2.11. The normalized spacial score (nSPS) is 12.6. The molecule has 5 nitrogen and oxygen atoms in total. The predicted octanol–water partition coefficient (Wildman–Crippen LogP) is 1.99. The average Bonchev–Trinajstić information content (AvgIpc) is 2.82. The molecule has 120 valence electrons. The van der Waals surface area contributed by atoms with Crippen LogP contribution in [0.4, 0.5) is 5.69 Å². The number of anilines is 1. The third-order valence-electron chi connectivity index (χ3n) is 3.84. The van der Waals surface area contributed by atoms with E-state index in [0.29, 0.717) is 18.5 Å². The van der Waals surface area contributed by atoms with E-state index in [0.717, 1.165) is 23.2 Å². The van der Waals surface area contributed by atoms with Crippen molar-refractivity contribution in [2.75, 3.05) is 18.5 Å². The van der Waals surface area contributed by atoms with Gasteiger partial charge in [-0.25, -0.2) is 0 Å². The van der Waals surface area contributed by atoms with Crippen molar-refractivity contribution in [1.82, 2.24) is 10.3 Å². The Morgan fingerprint density at radius 2 is 2.17 bits per heavy atom. The molecule has 1 aromatic carbocycles. The minimum Gasteiger partial charge on any atom is -0.352 e.